The van der Waals surface area contributed by atoms with Crippen molar-refractivity contribution in [1.82, 2.24) is 9.55 Å². The minimum absolute atomic E-state index is 0.175. The van der Waals surface area contributed by atoms with Gasteiger partial charge in [0.25, 0.3) is 5.56 Å². The van der Waals surface area contributed by atoms with Gasteiger partial charge in [0.2, 0.25) is 0 Å². The molecular formula is C10H12FIN2O5. The normalized spacial score (nSPS) is 31.4. The minimum Gasteiger partial charge on any atom is -0.394 e. The molecular weight excluding hydrogens is 374 g/mol. The van der Waals surface area contributed by atoms with Gasteiger partial charge in [-0.2, -0.15) is 0 Å². The van der Waals surface area contributed by atoms with Crippen molar-refractivity contribution in [3.05, 3.63) is 30.6 Å². The van der Waals surface area contributed by atoms with E-state index in [1.807, 2.05) is 0 Å². The number of halogens is 2. The van der Waals surface area contributed by atoms with E-state index < -0.39 is 42.3 Å². The summed E-state index contributed by atoms with van der Waals surface area (Å²) in [6, 6.07) is -1.05. The maximum Gasteiger partial charge on any atom is 0.328 e. The molecule has 0 aromatic carbocycles. The molecule has 2 heterocycles. The van der Waals surface area contributed by atoms with E-state index in [1.165, 1.54) is 6.20 Å². The summed E-state index contributed by atoms with van der Waals surface area (Å²) in [6.07, 6.45) is -3.09. The average Bonchev–Trinajstić information content (AvgIpc) is 2.37. The molecule has 3 N–H and O–H groups in total. The van der Waals surface area contributed by atoms with Crippen molar-refractivity contribution in [1.29, 1.82) is 0 Å². The zero-order chi connectivity index (χ0) is 14.2. The highest BCUT2D eigenvalue weighted by Crippen LogP contribution is 2.26. The third-order valence-electron chi connectivity index (χ3n) is 3.02. The van der Waals surface area contributed by atoms with E-state index in [-0.39, 0.29) is 10.2 Å². The first-order valence-electron chi connectivity index (χ1n) is 5.51. The number of nitrogens with zero attached hydrogens (tertiary/aromatic N) is 1. The van der Waals surface area contributed by atoms with E-state index in [0.717, 1.165) is 4.57 Å². The Morgan fingerprint density at radius 1 is 1.58 bits per heavy atom. The van der Waals surface area contributed by atoms with Gasteiger partial charge < -0.3 is 14.9 Å². The van der Waals surface area contributed by atoms with Crippen LogP contribution in [0.5, 0.6) is 0 Å². The zero-order valence-corrected chi connectivity index (χ0v) is 11.8. The lowest BCUT2D eigenvalue weighted by atomic mass is 9.99. The smallest absolute Gasteiger partial charge is 0.328 e. The Kier molecular flexibility index (Phi) is 4.38. The van der Waals surface area contributed by atoms with Crippen molar-refractivity contribution < 1.29 is 19.3 Å². The third-order valence-corrected chi connectivity index (χ3v) is 3.79. The number of aromatic amines is 1. The molecule has 0 amide bonds. The predicted molar refractivity (Wildman–Crippen MR) is 70.8 cm³/mol. The fourth-order valence-corrected chi connectivity index (χ4v) is 2.38. The largest absolute Gasteiger partial charge is 0.394 e. The number of nitrogens with one attached hydrogen (secondary N) is 1. The van der Waals surface area contributed by atoms with Crippen LogP contribution in [-0.4, -0.2) is 51.4 Å². The number of rotatable bonds is 2. The Morgan fingerprint density at radius 2 is 2.26 bits per heavy atom. The lowest BCUT2D eigenvalue weighted by molar-refractivity contribution is -0.149. The topological polar surface area (TPSA) is 105 Å². The molecule has 1 fully saturated rings. The van der Waals surface area contributed by atoms with Crippen LogP contribution in [-0.2, 0) is 4.74 Å². The third kappa shape index (κ3) is 2.73. The number of H-pyrrole nitrogens is 1. The molecule has 106 valence electrons. The fraction of sp³-hybridized carbons (Fsp3) is 0.600. The Bertz CT molecular complexity index is 574. The molecule has 1 aromatic rings. The van der Waals surface area contributed by atoms with E-state index in [4.69, 9.17) is 9.84 Å². The van der Waals surface area contributed by atoms with Gasteiger partial charge >= 0.3 is 5.69 Å². The first-order valence-corrected chi connectivity index (χ1v) is 6.59. The zero-order valence-electron chi connectivity index (χ0n) is 9.62. The second-order valence-corrected chi connectivity index (χ2v) is 5.36. The van der Waals surface area contributed by atoms with Crippen molar-refractivity contribution in [2.75, 3.05) is 13.2 Å². The van der Waals surface area contributed by atoms with Crippen LogP contribution in [0, 0.1) is 3.57 Å². The summed E-state index contributed by atoms with van der Waals surface area (Å²) < 4.78 is 20.4. The van der Waals surface area contributed by atoms with Gasteiger partial charge in [0.15, 0.2) is 6.17 Å². The first kappa shape index (κ1) is 14.6. The Morgan fingerprint density at radius 3 is 2.89 bits per heavy atom. The summed E-state index contributed by atoms with van der Waals surface area (Å²) in [5.41, 5.74) is -1.32. The lowest BCUT2D eigenvalue weighted by Crippen LogP contribution is -2.52. The molecule has 0 bridgehead atoms. The molecule has 0 unspecified atom stereocenters. The van der Waals surface area contributed by atoms with Gasteiger partial charge in [-0.1, -0.05) is 0 Å². The molecule has 2 rings (SSSR count). The molecule has 1 aromatic heterocycles. The number of aliphatic hydroxyl groups excluding tert-OH is 2. The van der Waals surface area contributed by atoms with Crippen LogP contribution in [0.3, 0.4) is 0 Å². The summed E-state index contributed by atoms with van der Waals surface area (Å²) in [4.78, 5) is 24.9. The van der Waals surface area contributed by atoms with Gasteiger partial charge in [-0.25, -0.2) is 9.18 Å². The Balaban J connectivity index is 2.35. The van der Waals surface area contributed by atoms with E-state index in [1.54, 1.807) is 22.6 Å². The molecule has 1 saturated heterocycles. The quantitative estimate of drug-likeness (QED) is 0.553. The second-order valence-electron chi connectivity index (χ2n) is 4.20. The standard InChI is InChI=1S/C10H12FIN2O5/c11-7-5(3-19-6(2-15)8(7)16)14-1-4(12)9(17)13-10(14)18/h1,5-8,15-16H,2-3H2,(H,13,17,18)/t5-,6-,7+,8-/m1/s1. The number of hydrogen-bond acceptors (Lipinski definition) is 5. The van der Waals surface area contributed by atoms with Crippen LogP contribution >= 0.6 is 22.6 Å². The van der Waals surface area contributed by atoms with E-state index in [2.05, 4.69) is 4.98 Å². The van der Waals surface area contributed by atoms with Gasteiger partial charge in [0.1, 0.15) is 12.2 Å². The van der Waals surface area contributed by atoms with Gasteiger partial charge in [-0.3, -0.25) is 14.3 Å². The van der Waals surface area contributed by atoms with Crippen molar-refractivity contribution in [2.24, 2.45) is 0 Å². The minimum atomic E-state index is -1.77. The molecule has 9 heteroatoms. The molecule has 1 aliphatic heterocycles. The first-order chi connectivity index (χ1) is 8.95. The summed E-state index contributed by atoms with van der Waals surface area (Å²) in [7, 11) is 0. The SMILES string of the molecule is O=c1[nH]c(=O)n([C@@H]2CO[C@H](CO)[C@@H](O)[C@H]2F)cc1I. The number of hydrogen-bond donors (Lipinski definition) is 3. The van der Waals surface area contributed by atoms with Crippen LogP contribution in [0.1, 0.15) is 6.04 Å². The Labute approximate surface area is 120 Å². The van der Waals surface area contributed by atoms with Crippen LogP contribution < -0.4 is 11.2 Å². The number of aromatic nitrogens is 2. The molecule has 0 radical (unpaired) electrons. The highest BCUT2D eigenvalue weighted by Gasteiger charge is 2.40. The lowest BCUT2D eigenvalue weighted by Gasteiger charge is -2.36. The van der Waals surface area contributed by atoms with E-state index in [0.29, 0.717) is 0 Å². The molecule has 0 spiro atoms. The molecule has 7 nitrogen and oxygen atoms in total. The summed E-state index contributed by atoms with van der Waals surface area (Å²) in [5.74, 6) is 0. The number of ether oxygens (including phenoxy) is 1. The maximum atomic E-state index is 14.1. The second kappa shape index (κ2) is 5.69. The monoisotopic (exact) mass is 386 g/mol. The van der Waals surface area contributed by atoms with Crippen molar-refractivity contribution in [3.8, 4) is 0 Å². The van der Waals surface area contributed by atoms with E-state index >= 15 is 0 Å². The summed E-state index contributed by atoms with van der Waals surface area (Å²) in [6.45, 7) is -0.683. The van der Waals surface area contributed by atoms with E-state index in [9.17, 15) is 19.1 Å². The molecule has 0 saturated carbocycles. The van der Waals surface area contributed by atoms with Gasteiger partial charge in [-0.15, -0.1) is 0 Å². The predicted octanol–water partition coefficient (Wildman–Crippen LogP) is -1.23. The molecule has 4 atom stereocenters. The highest BCUT2D eigenvalue weighted by molar-refractivity contribution is 14.1. The van der Waals surface area contributed by atoms with Gasteiger partial charge in [0.05, 0.1) is 22.8 Å². The summed E-state index contributed by atoms with van der Waals surface area (Å²) in [5, 5.41) is 18.5. The molecule has 1 aliphatic rings. The van der Waals surface area contributed by atoms with Crippen LogP contribution in [0.4, 0.5) is 4.39 Å². The van der Waals surface area contributed by atoms with Gasteiger partial charge in [-0.05, 0) is 22.6 Å². The number of aliphatic hydroxyl groups is 2. The highest BCUT2D eigenvalue weighted by atomic mass is 127. The summed E-state index contributed by atoms with van der Waals surface area (Å²) >= 11 is 1.72. The van der Waals surface area contributed by atoms with Crippen molar-refractivity contribution in [2.45, 2.75) is 24.4 Å². The average molecular weight is 386 g/mol. The maximum absolute atomic E-state index is 14.1. The number of alkyl halides is 1. The molecule has 0 aliphatic carbocycles. The van der Waals surface area contributed by atoms with Crippen molar-refractivity contribution >= 4 is 22.6 Å². The van der Waals surface area contributed by atoms with Crippen molar-refractivity contribution in [3.63, 3.8) is 0 Å². The fourth-order valence-electron chi connectivity index (χ4n) is 1.95. The Hall–Kier alpha value is -0.780. The van der Waals surface area contributed by atoms with Crippen LogP contribution in [0.25, 0.3) is 0 Å². The van der Waals surface area contributed by atoms with Gasteiger partial charge in [0, 0.05) is 6.20 Å². The van der Waals surface area contributed by atoms with Crippen LogP contribution in [0.2, 0.25) is 0 Å². The molecule has 19 heavy (non-hydrogen) atoms. The van der Waals surface area contributed by atoms with Crippen LogP contribution in [0.15, 0.2) is 15.8 Å².